The van der Waals surface area contributed by atoms with E-state index in [1.807, 2.05) is 84.7 Å². The maximum atomic E-state index is 15.7. The Morgan fingerprint density at radius 2 is 1.94 bits per heavy atom. The second kappa shape index (κ2) is 11.7. The zero-order valence-corrected chi connectivity index (χ0v) is 23.2. The Hall–Kier alpha value is -1.83. The molecule has 3 rings (SSSR count). The number of carbonyl (C=O) groups excluding carboxylic acids is 1. The molecule has 0 bridgehead atoms. The van der Waals surface area contributed by atoms with E-state index in [2.05, 4.69) is 13.8 Å². The molecule has 0 aliphatic heterocycles. The van der Waals surface area contributed by atoms with E-state index in [0.717, 1.165) is 36.8 Å². The van der Waals surface area contributed by atoms with Crippen molar-refractivity contribution in [3.8, 4) is 5.75 Å². The highest BCUT2D eigenvalue weighted by Crippen LogP contribution is 2.35. The number of fused-ring (bicyclic) bond motifs is 1. The molecule has 0 fully saturated rings. The molecular weight excluding hydrogens is 544 g/mol. The van der Waals surface area contributed by atoms with Crippen molar-refractivity contribution in [2.75, 3.05) is 6.54 Å². The Balaban J connectivity index is 1.84. The minimum atomic E-state index is -0.568. The van der Waals surface area contributed by atoms with Gasteiger partial charge < -0.3 is 14.4 Å². The molecule has 2 aromatic carbocycles. The van der Waals surface area contributed by atoms with Crippen molar-refractivity contribution in [2.45, 2.75) is 85.0 Å². The lowest BCUT2D eigenvalue weighted by Crippen LogP contribution is -2.45. The smallest absolute Gasteiger partial charge is 0.410 e. The molecule has 6 heteroatoms. The Morgan fingerprint density at radius 1 is 1.24 bits per heavy atom. The number of aryl methyl sites for hydroxylation is 1. The first-order valence-electron chi connectivity index (χ1n) is 12.2. The first-order chi connectivity index (χ1) is 16.0. The van der Waals surface area contributed by atoms with Crippen LogP contribution in [0.2, 0.25) is 0 Å². The molecule has 2 aromatic rings. The maximum Gasteiger partial charge on any atom is 0.410 e. The second-order valence-electron chi connectivity index (χ2n) is 10.5. The number of benzene rings is 2. The van der Waals surface area contributed by atoms with Gasteiger partial charge in [0.25, 0.3) is 0 Å². The van der Waals surface area contributed by atoms with Gasteiger partial charge in [-0.05, 0) is 104 Å². The van der Waals surface area contributed by atoms with Crippen molar-refractivity contribution in [3.63, 3.8) is 0 Å². The highest BCUT2D eigenvalue weighted by molar-refractivity contribution is 14.1. The minimum Gasteiger partial charge on any atom is -0.488 e. The molecule has 1 amide bonds. The number of ether oxygens (including phenoxy) is 2. The summed E-state index contributed by atoms with van der Waals surface area (Å²) in [6.07, 6.45) is 3.55. The number of rotatable bonds is 7. The van der Waals surface area contributed by atoms with Crippen molar-refractivity contribution < 1.29 is 18.7 Å². The van der Waals surface area contributed by atoms with Gasteiger partial charge in [0.1, 0.15) is 23.8 Å². The van der Waals surface area contributed by atoms with Crippen molar-refractivity contribution in [1.82, 2.24) is 4.90 Å². The lowest BCUT2D eigenvalue weighted by Gasteiger charge is -2.34. The van der Waals surface area contributed by atoms with E-state index in [0.29, 0.717) is 40.4 Å². The van der Waals surface area contributed by atoms with Gasteiger partial charge in [-0.2, -0.15) is 0 Å². The largest absolute Gasteiger partial charge is 0.488 e. The van der Waals surface area contributed by atoms with Crippen molar-refractivity contribution in [1.29, 1.82) is 0 Å². The quantitative estimate of drug-likeness (QED) is 0.251. The minimum absolute atomic E-state index is 0.0868. The fourth-order valence-electron chi connectivity index (χ4n) is 4.25. The zero-order valence-electron chi connectivity index (χ0n) is 21.0. The highest BCUT2D eigenvalue weighted by Gasteiger charge is 2.32. The highest BCUT2D eigenvalue weighted by atomic mass is 127. The molecule has 0 saturated heterocycles. The van der Waals surface area contributed by atoms with Gasteiger partial charge in [-0.1, -0.05) is 44.2 Å². The van der Waals surface area contributed by atoms with Crippen LogP contribution in [0.15, 0.2) is 36.4 Å². The lowest BCUT2D eigenvalue weighted by molar-refractivity contribution is 0.0141. The number of carbonyl (C=O) groups is 1. The number of halogens is 2. The van der Waals surface area contributed by atoms with E-state index in [9.17, 15) is 4.79 Å². The molecular formula is C28H37FINO3. The van der Waals surface area contributed by atoms with Crippen LogP contribution in [0.4, 0.5) is 9.18 Å². The molecule has 1 aliphatic rings. The Morgan fingerprint density at radius 3 is 2.59 bits per heavy atom. The molecule has 0 saturated carbocycles. The van der Waals surface area contributed by atoms with Gasteiger partial charge in [0.15, 0.2) is 0 Å². The summed E-state index contributed by atoms with van der Waals surface area (Å²) in [6, 6.07) is 11.8. The van der Waals surface area contributed by atoms with Crippen LogP contribution in [0.1, 0.15) is 70.6 Å². The average Bonchev–Trinajstić information content (AvgIpc) is 2.97. The van der Waals surface area contributed by atoms with Crippen LogP contribution in [-0.4, -0.2) is 29.2 Å². The van der Waals surface area contributed by atoms with Crippen LogP contribution in [0.25, 0.3) is 0 Å². The van der Waals surface area contributed by atoms with Gasteiger partial charge >= 0.3 is 6.09 Å². The lowest BCUT2D eigenvalue weighted by atomic mass is 9.99. The molecule has 0 aromatic heterocycles. The summed E-state index contributed by atoms with van der Waals surface area (Å²) in [7, 11) is 0. The molecule has 0 radical (unpaired) electrons. The molecule has 0 N–H and O–H groups in total. The van der Waals surface area contributed by atoms with E-state index < -0.39 is 5.60 Å². The second-order valence-corrected chi connectivity index (χ2v) is 11.6. The third kappa shape index (κ3) is 7.33. The van der Waals surface area contributed by atoms with Crippen LogP contribution in [0.5, 0.6) is 5.75 Å². The number of hydrogen-bond donors (Lipinski definition) is 0. The summed E-state index contributed by atoms with van der Waals surface area (Å²) in [6.45, 7) is 11.0. The fraction of sp³-hybridized carbons (Fsp3) is 0.536. The summed E-state index contributed by atoms with van der Waals surface area (Å²) in [5.41, 5.74) is 2.17. The van der Waals surface area contributed by atoms with Crippen molar-refractivity contribution in [2.24, 2.45) is 5.92 Å². The van der Waals surface area contributed by atoms with E-state index in [-0.39, 0.29) is 18.0 Å². The third-order valence-corrected chi connectivity index (χ3v) is 7.05. The first kappa shape index (κ1) is 26.8. The molecule has 186 valence electrons. The van der Waals surface area contributed by atoms with Crippen LogP contribution in [0, 0.1) is 15.3 Å². The Bertz CT molecular complexity index is 972. The molecule has 1 unspecified atom stereocenters. The summed E-state index contributed by atoms with van der Waals surface area (Å²) in [5, 5.41) is 0. The van der Waals surface area contributed by atoms with Crippen LogP contribution in [0.3, 0.4) is 0 Å². The molecule has 1 atom stereocenters. The van der Waals surface area contributed by atoms with E-state index >= 15 is 4.39 Å². The summed E-state index contributed by atoms with van der Waals surface area (Å²) in [5.74, 6) is 0.828. The standard InChI is InChI=1S/C28H37FINO3/c1-19(2)14-15-31(27(32)34-28(3,4)5)22-13-9-12-21-16-24(26(30)25(29)23(21)17-22)33-18-20-10-7-6-8-11-20/h6-8,10-11,16,19,22H,9,12-15,17-18H2,1-5H3. The number of nitrogens with zero attached hydrogens (tertiary/aromatic N) is 1. The SMILES string of the molecule is CC(C)CCN(C(=O)OC(C)(C)C)C1CCCc2cc(OCc3ccccc3)c(I)c(F)c2C1. The third-order valence-electron chi connectivity index (χ3n) is 6.04. The Kier molecular flexibility index (Phi) is 9.24. The topological polar surface area (TPSA) is 38.8 Å². The summed E-state index contributed by atoms with van der Waals surface area (Å²) in [4.78, 5) is 14.9. The van der Waals surface area contributed by atoms with E-state index in [1.165, 1.54) is 0 Å². The summed E-state index contributed by atoms with van der Waals surface area (Å²) >= 11 is 2.04. The molecule has 0 spiro atoms. The van der Waals surface area contributed by atoms with Gasteiger partial charge in [0, 0.05) is 12.6 Å². The molecule has 0 heterocycles. The van der Waals surface area contributed by atoms with Gasteiger partial charge in [-0.25, -0.2) is 9.18 Å². The molecule has 34 heavy (non-hydrogen) atoms. The molecule has 1 aliphatic carbocycles. The predicted molar refractivity (Wildman–Crippen MR) is 143 cm³/mol. The average molecular weight is 582 g/mol. The van der Waals surface area contributed by atoms with Gasteiger partial charge in [-0.15, -0.1) is 0 Å². The first-order valence-corrected chi connectivity index (χ1v) is 13.3. The summed E-state index contributed by atoms with van der Waals surface area (Å²) < 4.78 is 27.9. The van der Waals surface area contributed by atoms with Crippen molar-refractivity contribution >= 4 is 28.7 Å². The Labute approximate surface area is 217 Å². The number of amides is 1. The molecule has 4 nitrogen and oxygen atoms in total. The van der Waals surface area contributed by atoms with Crippen LogP contribution in [-0.2, 0) is 24.2 Å². The van der Waals surface area contributed by atoms with Gasteiger partial charge in [0.05, 0.1) is 3.57 Å². The monoisotopic (exact) mass is 581 g/mol. The number of hydrogen-bond acceptors (Lipinski definition) is 3. The predicted octanol–water partition coefficient (Wildman–Crippen LogP) is 7.54. The van der Waals surface area contributed by atoms with Crippen molar-refractivity contribution in [3.05, 3.63) is 62.5 Å². The van der Waals surface area contributed by atoms with Gasteiger partial charge in [0.2, 0.25) is 0 Å². The van der Waals surface area contributed by atoms with E-state index in [1.54, 1.807) is 0 Å². The van der Waals surface area contributed by atoms with Gasteiger partial charge in [-0.3, -0.25) is 0 Å². The van der Waals surface area contributed by atoms with Crippen LogP contribution >= 0.6 is 22.6 Å². The van der Waals surface area contributed by atoms with Crippen LogP contribution < -0.4 is 4.74 Å². The van der Waals surface area contributed by atoms with E-state index in [4.69, 9.17) is 9.47 Å². The normalized spacial score (nSPS) is 16.1. The zero-order chi connectivity index (χ0) is 24.9. The maximum absolute atomic E-state index is 15.7. The fourth-order valence-corrected chi connectivity index (χ4v) is 4.88.